The molecule has 0 unspecified atom stereocenters. The molecular weight excluding hydrogens is 215 g/mol. The Kier molecular flexibility index (Phi) is 3.48. The quantitative estimate of drug-likeness (QED) is 0.835. The maximum absolute atomic E-state index is 12.8. The molecule has 0 aliphatic heterocycles. The molecule has 0 spiro atoms. The zero-order valence-corrected chi connectivity index (χ0v) is 7.28. The van der Waals surface area contributed by atoms with E-state index >= 15 is 0 Å². The second-order valence-corrected chi connectivity index (χ2v) is 2.56. The third kappa shape index (κ3) is 3.84. The zero-order chi connectivity index (χ0) is 11.4. The summed E-state index contributed by atoms with van der Waals surface area (Å²) in [6.07, 6.45) is -0.558. The number of nitrogens with zero attached hydrogens (tertiary/aromatic N) is 1. The van der Waals surface area contributed by atoms with Crippen LogP contribution in [-0.4, -0.2) is 22.7 Å². The molecule has 0 atom stereocenters. The second-order valence-electron chi connectivity index (χ2n) is 2.56. The molecule has 82 valence electrons. The lowest BCUT2D eigenvalue weighted by atomic mass is 10.2. The average molecular weight is 221 g/mol. The molecule has 0 radical (unpaired) electrons. The maximum Gasteiger partial charge on any atom is 0.388 e. The Morgan fingerprint density at radius 1 is 1.53 bits per heavy atom. The largest absolute Gasteiger partial charge is 0.481 e. The first-order chi connectivity index (χ1) is 6.97. The van der Waals surface area contributed by atoms with Crippen molar-refractivity contribution in [3.8, 4) is 5.88 Å². The average Bonchev–Trinajstić information content (AvgIpc) is 1.98. The first-order valence-corrected chi connectivity index (χ1v) is 3.80. The molecule has 1 N–H and O–H groups in total. The van der Waals surface area contributed by atoms with Gasteiger partial charge in [0.15, 0.2) is 0 Å². The molecule has 7 heteroatoms. The molecule has 0 bridgehead atoms. The van der Waals surface area contributed by atoms with E-state index in [1.54, 1.807) is 0 Å². The van der Waals surface area contributed by atoms with Gasteiger partial charge in [0.25, 0.3) is 0 Å². The van der Waals surface area contributed by atoms with Gasteiger partial charge in [-0.25, -0.2) is 9.37 Å². The number of aliphatic carboxylic acids is 1. The number of ether oxygens (including phenoxy) is 1. The van der Waals surface area contributed by atoms with E-state index in [2.05, 4.69) is 9.72 Å². The molecule has 0 aliphatic carbocycles. The van der Waals surface area contributed by atoms with Crippen molar-refractivity contribution in [3.05, 3.63) is 23.6 Å². The van der Waals surface area contributed by atoms with Crippen LogP contribution in [0, 0.1) is 5.82 Å². The van der Waals surface area contributed by atoms with Crippen LogP contribution in [0.5, 0.6) is 5.88 Å². The molecule has 0 saturated carbocycles. The Bertz CT molecular complexity index is 370. The van der Waals surface area contributed by atoms with Crippen LogP contribution < -0.4 is 4.74 Å². The Balaban J connectivity index is 2.89. The van der Waals surface area contributed by atoms with Gasteiger partial charge in [-0.1, -0.05) is 0 Å². The van der Waals surface area contributed by atoms with Gasteiger partial charge in [0.2, 0.25) is 5.88 Å². The van der Waals surface area contributed by atoms with Crippen LogP contribution in [0.3, 0.4) is 0 Å². The Labute approximate surface area is 82.3 Å². The van der Waals surface area contributed by atoms with Gasteiger partial charge in [-0.05, 0) is 6.07 Å². The number of carbonyl (C=O) groups is 1. The Morgan fingerprint density at radius 3 is 2.73 bits per heavy atom. The fourth-order valence-electron chi connectivity index (χ4n) is 0.922. The number of carboxylic acids is 1. The summed E-state index contributed by atoms with van der Waals surface area (Å²) in [6.45, 7) is -3.13. The molecule has 15 heavy (non-hydrogen) atoms. The van der Waals surface area contributed by atoms with Crippen molar-refractivity contribution < 1.29 is 27.8 Å². The zero-order valence-electron chi connectivity index (χ0n) is 7.28. The molecule has 1 aromatic rings. The van der Waals surface area contributed by atoms with E-state index in [0.29, 0.717) is 6.07 Å². The maximum atomic E-state index is 12.8. The van der Waals surface area contributed by atoms with Crippen molar-refractivity contribution in [2.75, 3.05) is 0 Å². The SMILES string of the molecule is O=C(O)Cc1cc(F)cc(OC(F)F)n1. The number of alkyl halides is 2. The topological polar surface area (TPSA) is 59.4 Å². The number of carboxylic acid groups (broad SMARTS) is 1. The number of pyridine rings is 1. The molecule has 1 rings (SSSR count). The monoisotopic (exact) mass is 221 g/mol. The van der Waals surface area contributed by atoms with Crippen LogP contribution in [0.25, 0.3) is 0 Å². The molecule has 4 nitrogen and oxygen atoms in total. The lowest BCUT2D eigenvalue weighted by molar-refractivity contribution is -0.136. The van der Waals surface area contributed by atoms with Crippen molar-refractivity contribution in [2.45, 2.75) is 13.0 Å². The van der Waals surface area contributed by atoms with Crippen molar-refractivity contribution >= 4 is 5.97 Å². The Morgan fingerprint density at radius 2 is 2.20 bits per heavy atom. The molecule has 0 saturated heterocycles. The fourth-order valence-corrected chi connectivity index (χ4v) is 0.922. The van der Waals surface area contributed by atoms with Crippen LogP contribution >= 0.6 is 0 Å². The van der Waals surface area contributed by atoms with Gasteiger partial charge < -0.3 is 9.84 Å². The molecule has 1 heterocycles. The normalized spacial score (nSPS) is 10.4. The van der Waals surface area contributed by atoms with Gasteiger partial charge in [0, 0.05) is 6.07 Å². The standard InChI is InChI=1S/C8H6F3NO3/c9-4-1-5(3-7(13)14)12-6(2-4)15-8(10)11/h1-2,8H,3H2,(H,13,14). The van der Waals surface area contributed by atoms with Crippen LogP contribution in [-0.2, 0) is 11.2 Å². The van der Waals surface area contributed by atoms with Crippen molar-refractivity contribution in [1.29, 1.82) is 0 Å². The van der Waals surface area contributed by atoms with Gasteiger partial charge in [-0.3, -0.25) is 4.79 Å². The van der Waals surface area contributed by atoms with E-state index in [1.807, 2.05) is 0 Å². The summed E-state index contributed by atoms with van der Waals surface area (Å²) in [5.41, 5.74) is -0.182. The van der Waals surface area contributed by atoms with E-state index in [1.165, 1.54) is 0 Å². The smallest absolute Gasteiger partial charge is 0.388 e. The molecule has 0 aromatic carbocycles. The van der Waals surface area contributed by atoms with Crippen molar-refractivity contribution in [3.63, 3.8) is 0 Å². The van der Waals surface area contributed by atoms with Crippen LogP contribution in [0.4, 0.5) is 13.2 Å². The third-order valence-corrected chi connectivity index (χ3v) is 1.36. The molecule has 1 aromatic heterocycles. The summed E-state index contributed by atoms with van der Waals surface area (Å²) in [6, 6.07) is 1.49. The Hall–Kier alpha value is -1.79. The predicted molar refractivity (Wildman–Crippen MR) is 42.2 cm³/mol. The minimum atomic E-state index is -3.13. The summed E-state index contributed by atoms with van der Waals surface area (Å²) in [7, 11) is 0. The molecule has 0 aliphatic rings. The van der Waals surface area contributed by atoms with E-state index in [0.717, 1.165) is 6.07 Å². The minimum Gasteiger partial charge on any atom is -0.481 e. The van der Waals surface area contributed by atoms with Gasteiger partial charge in [0.1, 0.15) is 5.82 Å². The van der Waals surface area contributed by atoms with Crippen molar-refractivity contribution in [1.82, 2.24) is 4.98 Å². The first kappa shape index (κ1) is 11.3. The highest BCUT2D eigenvalue weighted by atomic mass is 19.3. The number of hydrogen-bond acceptors (Lipinski definition) is 3. The minimum absolute atomic E-state index is 0.182. The lowest BCUT2D eigenvalue weighted by Gasteiger charge is -2.04. The molecule has 0 amide bonds. The number of rotatable bonds is 4. The highest BCUT2D eigenvalue weighted by molar-refractivity contribution is 5.69. The van der Waals surface area contributed by atoms with Gasteiger partial charge >= 0.3 is 12.6 Å². The van der Waals surface area contributed by atoms with Gasteiger partial charge in [-0.15, -0.1) is 0 Å². The highest BCUT2D eigenvalue weighted by Crippen LogP contribution is 2.14. The summed E-state index contributed by atoms with van der Waals surface area (Å²) < 4.78 is 40.1. The van der Waals surface area contributed by atoms with Gasteiger partial charge in [-0.2, -0.15) is 8.78 Å². The van der Waals surface area contributed by atoms with E-state index in [4.69, 9.17) is 5.11 Å². The molecule has 0 fully saturated rings. The van der Waals surface area contributed by atoms with E-state index < -0.39 is 30.7 Å². The lowest BCUT2D eigenvalue weighted by Crippen LogP contribution is -2.07. The summed E-state index contributed by atoms with van der Waals surface area (Å²) in [4.78, 5) is 13.7. The van der Waals surface area contributed by atoms with Crippen LogP contribution in [0.15, 0.2) is 12.1 Å². The van der Waals surface area contributed by atoms with E-state index in [-0.39, 0.29) is 5.69 Å². The number of aromatic nitrogens is 1. The fraction of sp³-hybridized carbons (Fsp3) is 0.250. The van der Waals surface area contributed by atoms with Crippen molar-refractivity contribution in [2.24, 2.45) is 0 Å². The first-order valence-electron chi connectivity index (χ1n) is 3.80. The predicted octanol–water partition coefficient (Wildman–Crippen LogP) is 1.45. The summed E-state index contributed by atoms with van der Waals surface area (Å²) >= 11 is 0. The number of halogens is 3. The van der Waals surface area contributed by atoms with Crippen LogP contribution in [0.1, 0.15) is 5.69 Å². The molecular formula is C8H6F3NO3. The van der Waals surface area contributed by atoms with E-state index in [9.17, 15) is 18.0 Å². The summed E-state index contributed by atoms with van der Waals surface area (Å²) in [5, 5.41) is 8.38. The third-order valence-electron chi connectivity index (χ3n) is 1.36. The van der Waals surface area contributed by atoms with Crippen LogP contribution in [0.2, 0.25) is 0 Å². The second kappa shape index (κ2) is 4.63. The highest BCUT2D eigenvalue weighted by Gasteiger charge is 2.10. The number of hydrogen-bond donors (Lipinski definition) is 1. The van der Waals surface area contributed by atoms with Gasteiger partial charge in [0.05, 0.1) is 12.1 Å². The summed E-state index contributed by atoms with van der Waals surface area (Å²) in [5.74, 6) is -2.76.